The van der Waals surface area contributed by atoms with Crippen molar-refractivity contribution >= 4 is 5.78 Å². The molecule has 0 amide bonds. The van der Waals surface area contributed by atoms with Crippen LogP contribution in [0.3, 0.4) is 0 Å². The van der Waals surface area contributed by atoms with Crippen LogP contribution in [0.1, 0.15) is 12.8 Å². The first kappa shape index (κ1) is 8.94. The lowest BCUT2D eigenvalue weighted by Gasteiger charge is -1.93. The van der Waals surface area contributed by atoms with Crippen molar-refractivity contribution in [2.75, 3.05) is 6.61 Å². The second-order valence-corrected chi connectivity index (χ2v) is 2.65. The molecule has 12 heavy (non-hydrogen) atoms. The van der Waals surface area contributed by atoms with Crippen molar-refractivity contribution in [3.8, 4) is 0 Å². The van der Waals surface area contributed by atoms with Gasteiger partial charge in [-0.3, -0.25) is 4.79 Å². The third-order valence-electron chi connectivity index (χ3n) is 1.90. The minimum atomic E-state index is -0.0266. The highest BCUT2D eigenvalue weighted by atomic mass is 16.2. The first-order valence-corrected chi connectivity index (χ1v) is 3.95. The van der Waals surface area contributed by atoms with Crippen molar-refractivity contribution in [2.45, 2.75) is 12.8 Å². The lowest BCUT2D eigenvalue weighted by molar-refractivity contribution is -0.114. The van der Waals surface area contributed by atoms with Gasteiger partial charge in [-0.2, -0.15) is 0 Å². The average Bonchev–Trinajstić information content (AvgIpc) is 2.43. The summed E-state index contributed by atoms with van der Waals surface area (Å²) in [6.07, 6.45) is 6.32. The van der Waals surface area contributed by atoms with Gasteiger partial charge in [-0.1, -0.05) is 24.8 Å². The summed E-state index contributed by atoms with van der Waals surface area (Å²) >= 11 is 0. The SMILES string of the molecule is C=CC1=C(/C=C\CO)C(=O)CC1. The molecule has 1 N–H and O–H groups in total. The van der Waals surface area contributed by atoms with Gasteiger partial charge in [0.05, 0.1) is 6.61 Å². The number of hydrogen-bond donors (Lipinski definition) is 1. The van der Waals surface area contributed by atoms with Crippen LogP contribution in [0.5, 0.6) is 0 Å². The van der Waals surface area contributed by atoms with Crippen molar-refractivity contribution in [3.05, 3.63) is 36.0 Å². The van der Waals surface area contributed by atoms with Gasteiger partial charge < -0.3 is 5.11 Å². The van der Waals surface area contributed by atoms with Gasteiger partial charge in [-0.05, 0) is 12.0 Å². The van der Waals surface area contributed by atoms with Crippen molar-refractivity contribution < 1.29 is 9.90 Å². The first-order chi connectivity index (χ1) is 5.79. The van der Waals surface area contributed by atoms with Gasteiger partial charge in [0.25, 0.3) is 0 Å². The van der Waals surface area contributed by atoms with E-state index in [0.29, 0.717) is 12.0 Å². The van der Waals surface area contributed by atoms with E-state index in [1.807, 2.05) is 0 Å². The summed E-state index contributed by atoms with van der Waals surface area (Å²) in [6, 6.07) is 0. The molecule has 0 aromatic rings. The highest BCUT2D eigenvalue weighted by Crippen LogP contribution is 2.24. The average molecular weight is 164 g/mol. The van der Waals surface area contributed by atoms with Gasteiger partial charge in [-0.25, -0.2) is 0 Å². The number of aliphatic hydroxyl groups is 1. The molecule has 0 fully saturated rings. The molecule has 1 rings (SSSR count). The number of rotatable bonds is 3. The fourth-order valence-electron chi connectivity index (χ4n) is 1.28. The number of ketones is 1. The second kappa shape index (κ2) is 4.02. The van der Waals surface area contributed by atoms with Crippen molar-refractivity contribution in [2.24, 2.45) is 0 Å². The maximum atomic E-state index is 11.2. The maximum Gasteiger partial charge on any atom is 0.163 e. The van der Waals surface area contributed by atoms with Crippen LogP contribution in [-0.4, -0.2) is 17.5 Å². The predicted molar refractivity (Wildman–Crippen MR) is 47.7 cm³/mol. The lowest BCUT2D eigenvalue weighted by atomic mass is 10.1. The summed E-state index contributed by atoms with van der Waals surface area (Å²) in [4.78, 5) is 11.2. The van der Waals surface area contributed by atoms with Crippen LogP contribution in [-0.2, 0) is 4.79 Å². The molecule has 64 valence electrons. The third kappa shape index (κ3) is 1.71. The minimum Gasteiger partial charge on any atom is -0.392 e. The van der Waals surface area contributed by atoms with E-state index in [9.17, 15) is 4.79 Å². The van der Waals surface area contributed by atoms with Gasteiger partial charge in [0.2, 0.25) is 0 Å². The normalized spacial score (nSPS) is 17.9. The monoisotopic (exact) mass is 164 g/mol. The number of hydrogen-bond acceptors (Lipinski definition) is 2. The molecule has 0 atom stereocenters. The van der Waals surface area contributed by atoms with E-state index in [-0.39, 0.29) is 12.4 Å². The van der Waals surface area contributed by atoms with E-state index in [2.05, 4.69) is 6.58 Å². The van der Waals surface area contributed by atoms with Crippen LogP contribution in [0.25, 0.3) is 0 Å². The molecular weight excluding hydrogens is 152 g/mol. The van der Waals surface area contributed by atoms with E-state index < -0.39 is 0 Å². The topological polar surface area (TPSA) is 37.3 Å². The van der Waals surface area contributed by atoms with Crippen LogP contribution in [0.4, 0.5) is 0 Å². The smallest absolute Gasteiger partial charge is 0.163 e. The molecule has 0 heterocycles. The highest BCUT2D eigenvalue weighted by Gasteiger charge is 2.17. The van der Waals surface area contributed by atoms with E-state index >= 15 is 0 Å². The molecule has 0 aromatic carbocycles. The molecule has 0 bridgehead atoms. The number of aliphatic hydroxyl groups excluding tert-OH is 1. The van der Waals surface area contributed by atoms with Crippen LogP contribution in [0, 0.1) is 0 Å². The Kier molecular flexibility index (Phi) is 3.00. The quantitative estimate of drug-likeness (QED) is 0.684. The summed E-state index contributed by atoms with van der Waals surface area (Å²) in [5, 5.41) is 8.53. The van der Waals surface area contributed by atoms with E-state index in [4.69, 9.17) is 5.11 Å². The molecule has 0 aliphatic heterocycles. The zero-order valence-corrected chi connectivity index (χ0v) is 6.92. The Morgan fingerprint density at radius 2 is 2.25 bits per heavy atom. The Balaban J connectivity index is 2.87. The van der Waals surface area contributed by atoms with Crippen molar-refractivity contribution in [1.82, 2.24) is 0 Å². The second-order valence-electron chi connectivity index (χ2n) is 2.65. The van der Waals surface area contributed by atoms with Crippen LogP contribution >= 0.6 is 0 Å². The minimum absolute atomic E-state index is 0.0266. The largest absolute Gasteiger partial charge is 0.392 e. The molecule has 0 saturated heterocycles. The Bertz CT molecular complexity index is 259. The third-order valence-corrected chi connectivity index (χ3v) is 1.90. The zero-order valence-electron chi connectivity index (χ0n) is 6.92. The molecule has 1 aliphatic carbocycles. The summed E-state index contributed by atoms with van der Waals surface area (Å²) in [5.74, 6) is 0.148. The number of allylic oxidation sites excluding steroid dienone is 4. The Morgan fingerprint density at radius 1 is 1.50 bits per heavy atom. The van der Waals surface area contributed by atoms with Gasteiger partial charge in [0.1, 0.15) is 0 Å². The molecule has 0 spiro atoms. The molecule has 0 radical (unpaired) electrons. The molecule has 0 saturated carbocycles. The molecular formula is C10H12O2. The zero-order chi connectivity index (χ0) is 8.97. The van der Waals surface area contributed by atoms with Gasteiger partial charge in [-0.15, -0.1) is 0 Å². The Hall–Kier alpha value is -1.15. The van der Waals surface area contributed by atoms with Crippen molar-refractivity contribution in [3.63, 3.8) is 0 Å². The van der Waals surface area contributed by atoms with E-state index in [1.54, 1.807) is 18.2 Å². The number of carbonyl (C=O) groups is 1. The predicted octanol–water partition coefficient (Wildman–Crippen LogP) is 1.38. The lowest BCUT2D eigenvalue weighted by Crippen LogP contribution is -1.92. The fraction of sp³-hybridized carbons (Fsp3) is 0.300. The van der Waals surface area contributed by atoms with Crippen molar-refractivity contribution in [1.29, 1.82) is 0 Å². The highest BCUT2D eigenvalue weighted by molar-refractivity contribution is 6.01. The molecule has 2 nitrogen and oxygen atoms in total. The molecule has 2 heteroatoms. The Morgan fingerprint density at radius 3 is 2.83 bits per heavy atom. The number of carbonyl (C=O) groups excluding carboxylic acids is 1. The first-order valence-electron chi connectivity index (χ1n) is 3.95. The van der Waals surface area contributed by atoms with Crippen LogP contribution in [0.2, 0.25) is 0 Å². The summed E-state index contributed by atoms with van der Waals surface area (Å²) < 4.78 is 0. The van der Waals surface area contributed by atoms with Gasteiger partial charge in [0.15, 0.2) is 5.78 Å². The maximum absolute atomic E-state index is 11.2. The van der Waals surface area contributed by atoms with E-state index in [1.165, 1.54) is 0 Å². The van der Waals surface area contributed by atoms with Crippen LogP contribution < -0.4 is 0 Å². The van der Waals surface area contributed by atoms with Crippen LogP contribution in [0.15, 0.2) is 36.0 Å². The number of Topliss-reactive ketones (excluding diaryl/α,β-unsaturated/α-hetero) is 1. The molecule has 0 aromatic heterocycles. The van der Waals surface area contributed by atoms with Gasteiger partial charge >= 0.3 is 0 Å². The summed E-state index contributed by atoms with van der Waals surface area (Å²) in [6.45, 7) is 3.60. The summed E-state index contributed by atoms with van der Waals surface area (Å²) in [7, 11) is 0. The van der Waals surface area contributed by atoms with Gasteiger partial charge in [0, 0.05) is 12.0 Å². The molecule has 1 aliphatic rings. The standard InChI is InChI=1S/C10H12O2/c1-2-8-5-6-10(12)9(8)4-3-7-11/h2-4,11H,1,5-7H2/b4-3-. The Labute approximate surface area is 71.9 Å². The molecule has 0 unspecified atom stereocenters. The fourth-order valence-corrected chi connectivity index (χ4v) is 1.28. The van der Waals surface area contributed by atoms with E-state index in [0.717, 1.165) is 12.0 Å². The summed E-state index contributed by atoms with van der Waals surface area (Å²) in [5.41, 5.74) is 1.70.